The van der Waals surface area contributed by atoms with Gasteiger partial charge in [-0.05, 0) is 79.3 Å². The Morgan fingerprint density at radius 1 is 1.13 bits per heavy atom. The molecule has 0 atom stereocenters. The van der Waals surface area contributed by atoms with Crippen LogP contribution in [0.2, 0.25) is 0 Å². The summed E-state index contributed by atoms with van der Waals surface area (Å²) in [6.45, 7) is 0.652. The van der Waals surface area contributed by atoms with Gasteiger partial charge < -0.3 is 20.1 Å². The van der Waals surface area contributed by atoms with Gasteiger partial charge in [0.25, 0.3) is 5.91 Å². The van der Waals surface area contributed by atoms with Crippen molar-refractivity contribution in [1.29, 1.82) is 0 Å². The molecule has 1 aliphatic carbocycles. The number of amides is 1. The molecule has 0 unspecified atom stereocenters. The van der Waals surface area contributed by atoms with Crippen LogP contribution in [0.15, 0.2) is 76.2 Å². The van der Waals surface area contributed by atoms with Crippen LogP contribution in [-0.4, -0.2) is 37.4 Å². The number of rotatable bonds is 11. The third-order valence-corrected chi connectivity index (χ3v) is 7.54. The van der Waals surface area contributed by atoms with Gasteiger partial charge in [-0.15, -0.1) is 0 Å². The van der Waals surface area contributed by atoms with Gasteiger partial charge in [-0.25, -0.2) is 4.99 Å². The van der Waals surface area contributed by atoms with Crippen LogP contribution >= 0.6 is 27.9 Å². The average molecular weight is 596 g/mol. The first-order valence-electron chi connectivity index (χ1n) is 12.5. The van der Waals surface area contributed by atoms with Crippen molar-refractivity contribution in [2.24, 2.45) is 4.99 Å². The van der Waals surface area contributed by atoms with E-state index in [1.165, 1.54) is 0 Å². The standard InChI is InChI=1S/C29H31BrN4O3S/c1-32-29(36)28(33-21-14-12-20(30)13-15-21)24-17-23(19-10-11-19)26(18-25(24)31)34(38-2)16-6-9-27(35)37-22-7-4-3-5-8-22/h3-5,7-8,12-15,17-19H,6,9-11,16,31H2,1-2H3,(H,32,36). The zero-order chi connectivity index (χ0) is 27.1. The molecule has 0 bridgehead atoms. The Labute approximate surface area is 236 Å². The first-order valence-corrected chi connectivity index (χ1v) is 14.4. The maximum Gasteiger partial charge on any atom is 0.311 e. The predicted molar refractivity (Wildman–Crippen MR) is 159 cm³/mol. The summed E-state index contributed by atoms with van der Waals surface area (Å²) < 4.78 is 8.51. The number of anilines is 2. The molecule has 3 N–H and O–H groups in total. The average Bonchev–Trinajstić information content (AvgIpc) is 3.77. The maximum absolute atomic E-state index is 12.9. The summed E-state index contributed by atoms with van der Waals surface area (Å²) in [5, 5.41) is 2.70. The number of esters is 1. The lowest BCUT2D eigenvalue weighted by molar-refractivity contribution is -0.134. The number of benzene rings is 3. The van der Waals surface area contributed by atoms with E-state index >= 15 is 0 Å². The van der Waals surface area contributed by atoms with Crippen molar-refractivity contribution in [2.75, 3.05) is 29.9 Å². The molecular weight excluding hydrogens is 564 g/mol. The number of likely N-dealkylation sites (N-methyl/N-ethyl adjacent to an activating group) is 1. The second kappa shape index (κ2) is 13.0. The summed E-state index contributed by atoms with van der Waals surface area (Å²) in [5.41, 5.74) is 10.7. The Morgan fingerprint density at radius 2 is 1.84 bits per heavy atom. The van der Waals surface area contributed by atoms with Crippen molar-refractivity contribution in [3.05, 3.63) is 82.3 Å². The van der Waals surface area contributed by atoms with Crippen molar-refractivity contribution in [1.82, 2.24) is 5.32 Å². The second-order valence-corrected chi connectivity index (χ2v) is 10.7. The van der Waals surface area contributed by atoms with Crippen LogP contribution < -0.4 is 20.1 Å². The van der Waals surface area contributed by atoms with Crippen LogP contribution in [0.4, 0.5) is 17.1 Å². The Bertz CT molecular complexity index is 1310. The monoisotopic (exact) mass is 594 g/mol. The van der Waals surface area contributed by atoms with E-state index in [0.717, 1.165) is 28.6 Å². The molecule has 3 aromatic carbocycles. The first-order chi connectivity index (χ1) is 18.4. The summed E-state index contributed by atoms with van der Waals surface area (Å²) in [6.07, 6.45) is 5.11. The van der Waals surface area contributed by atoms with E-state index in [-0.39, 0.29) is 17.6 Å². The van der Waals surface area contributed by atoms with E-state index in [9.17, 15) is 9.59 Å². The van der Waals surface area contributed by atoms with Gasteiger partial charge in [0.15, 0.2) is 0 Å². The van der Waals surface area contributed by atoms with E-state index in [2.05, 4.69) is 30.5 Å². The fourth-order valence-corrected chi connectivity index (χ4v) is 5.04. The number of hydrogen-bond acceptors (Lipinski definition) is 7. The Morgan fingerprint density at radius 3 is 2.47 bits per heavy atom. The third-order valence-electron chi connectivity index (χ3n) is 6.19. The molecule has 7 nitrogen and oxygen atoms in total. The van der Waals surface area contributed by atoms with Crippen LogP contribution in [0.3, 0.4) is 0 Å². The number of ether oxygens (including phenoxy) is 1. The van der Waals surface area contributed by atoms with E-state index in [1.54, 1.807) is 31.1 Å². The SMILES string of the molecule is CNC(=O)C(=Nc1ccc(Br)cc1)c1cc(C2CC2)c(N(CCCC(=O)Oc2ccccc2)SC)cc1N. The second-order valence-electron chi connectivity index (χ2n) is 8.96. The lowest BCUT2D eigenvalue weighted by atomic mass is 9.98. The normalized spacial score (nSPS) is 13.2. The summed E-state index contributed by atoms with van der Waals surface area (Å²) in [6, 6.07) is 20.5. The molecule has 1 fully saturated rings. The lowest BCUT2D eigenvalue weighted by Gasteiger charge is -2.26. The Hall–Kier alpha value is -3.30. The quantitative estimate of drug-likeness (QED) is 0.0895. The molecule has 0 heterocycles. The molecule has 9 heteroatoms. The highest BCUT2D eigenvalue weighted by atomic mass is 79.9. The number of halogens is 1. The number of nitrogens with zero attached hydrogens (tertiary/aromatic N) is 2. The van der Waals surface area contributed by atoms with E-state index in [0.29, 0.717) is 48.0 Å². The van der Waals surface area contributed by atoms with Gasteiger partial charge in [0, 0.05) is 42.0 Å². The van der Waals surface area contributed by atoms with Crippen LogP contribution in [0.5, 0.6) is 5.75 Å². The Balaban J connectivity index is 1.56. The molecule has 4 rings (SSSR count). The summed E-state index contributed by atoms with van der Waals surface area (Å²) in [4.78, 5) is 29.9. The number of carbonyl (C=O) groups is 2. The zero-order valence-corrected chi connectivity index (χ0v) is 23.8. The first kappa shape index (κ1) is 27.7. The van der Waals surface area contributed by atoms with Crippen molar-refractivity contribution in [3.8, 4) is 5.75 Å². The van der Waals surface area contributed by atoms with Crippen molar-refractivity contribution in [2.45, 2.75) is 31.6 Å². The van der Waals surface area contributed by atoms with Crippen LogP contribution in [0.25, 0.3) is 0 Å². The van der Waals surface area contributed by atoms with Crippen LogP contribution in [0.1, 0.15) is 42.7 Å². The molecule has 0 saturated heterocycles. The molecule has 0 aromatic heterocycles. The van der Waals surface area contributed by atoms with Crippen LogP contribution in [-0.2, 0) is 9.59 Å². The number of carbonyl (C=O) groups excluding carboxylic acids is 2. The van der Waals surface area contributed by atoms with Gasteiger partial charge in [-0.1, -0.05) is 46.1 Å². The summed E-state index contributed by atoms with van der Waals surface area (Å²) in [5.74, 6) is 0.401. The van der Waals surface area contributed by atoms with Gasteiger partial charge in [0.05, 0.1) is 11.4 Å². The molecule has 1 amide bonds. The van der Waals surface area contributed by atoms with E-state index < -0.39 is 0 Å². The highest BCUT2D eigenvalue weighted by molar-refractivity contribution is 9.10. The van der Waals surface area contributed by atoms with E-state index in [1.807, 2.05) is 60.9 Å². The lowest BCUT2D eigenvalue weighted by Crippen LogP contribution is -2.29. The number of nitrogens with two attached hydrogens (primary N) is 1. The third kappa shape index (κ3) is 7.17. The minimum Gasteiger partial charge on any atom is -0.427 e. The highest BCUT2D eigenvalue weighted by Crippen LogP contribution is 2.47. The predicted octanol–water partition coefficient (Wildman–Crippen LogP) is 6.25. The van der Waals surface area contributed by atoms with Gasteiger partial charge in [-0.3, -0.25) is 9.59 Å². The topological polar surface area (TPSA) is 97.0 Å². The molecule has 0 spiro atoms. The molecule has 198 valence electrons. The zero-order valence-electron chi connectivity index (χ0n) is 21.4. The molecule has 1 saturated carbocycles. The minimum absolute atomic E-state index is 0.256. The fraction of sp³-hybridized carbons (Fsp3) is 0.276. The largest absolute Gasteiger partial charge is 0.427 e. The molecule has 0 radical (unpaired) electrons. The van der Waals surface area contributed by atoms with E-state index in [4.69, 9.17) is 10.5 Å². The maximum atomic E-state index is 12.9. The summed E-state index contributed by atoms with van der Waals surface area (Å²) >= 11 is 5.02. The van der Waals surface area contributed by atoms with Crippen LogP contribution in [0, 0.1) is 0 Å². The highest BCUT2D eigenvalue weighted by Gasteiger charge is 2.30. The minimum atomic E-state index is -0.298. The number of hydrogen-bond donors (Lipinski definition) is 2. The number of para-hydroxylation sites is 1. The molecule has 0 aliphatic heterocycles. The fourth-order valence-electron chi connectivity index (χ4n) is 4.11. The van der Waals surface area contributed by atoms with Gasteiger partial charge in [0.1, 0.15) is 11.5 Å². The molecule has 3 aromatic rings. The molecule has 38 heavy (non-hydrogen) atoms. The summed E-state index contributed by atoms with van der Waals surface area (Å²) in [7, 11) is 1.59. The smallest absolute Gasteiger partial charge is 0.311 e. The Kier molecular flexibility index (Phi) is 9.47. The molecule has 1 aliphatic rings. The van der Waals surface area contributed by atoms with Crippen molar-refractivity contribution >= 4 is 62.5 Å². The van der Waals surface area contributed by atoms with Crippen molar-refractivity contribution in [3.63, 3.8) is 0 Å². The number of nitrogen functional groups attached to an aromatic ring is 1. The van der Waals surface area contributed by atoms with Gasteiger partial charge in [-0.2, -0.15) is 0 Å². The number of nitrogens with one attached hydrogen (secondary N) is 1. The van der Waals surface area contributed by atoms with Gasteiger partial charge >= 0.3 is 5.97 Å². The molecular formula is C29H31BrN4O3S. The van der Waals surface area contributed by atoms with Gasteiger partial charge in [0.2, 0.25) is 0 Å². The number of aliphatic imine (C=N–C) groups is 1. The van der Waals surface area contributed by atoms with Crippen molar-refractivity contribution < 1.29 is 14.3 Å².